The van der Waals surface area contributed by atoms with Gasteiger partial charge in [-0.1, -0.05) is 0 Å². The molecule has 4 heterocycles. The van der Waals surface area contributed by atoms with Crippen LogP contribution in [0.4, 0.5) is 19.0 Å². The van der Waals surface area contributed by atoms with Crippen molar-refractivity contribution in [1.29, 1.82) is 0 Å². The summed E-state index contributed by atoms with van der Waals surface area (Å²) in [5.41, 5.74) is 0.953. The van der Waals surface area contributed by atoms with E-state index >= 15 is 0 Å². The van der Waals surface area contributed by atoms with E-state index in [4.69, 9.17) is 9.47 Å². The van der Waals surface area contributed by atoms with Crippen LogP contribution in [-0.4, -0.2) is 76.8 Å². The minimum atomic E-state index is -1.40. The molecule has 4 atom stereocenters. The highest BCUT2D eigenvalue weighted by atomic mass is 19.1. The molecule has 3 aliphatic heterocycles. The predicted octanol–water partition coefficient (Wildman–Crippen LogP) is 1.94. The van der Waals surface area contributed by atoms with Crippen LogP contribution in [0.3, 0.4) is 0 Å². The van der Waals surface area contributed by atoms with Gasteiger partial charge < -0.3 is 24.8 Å². The average molecular weight is 491 g/mol. The van der Waals surface area contributed by atoms with Crippen molar-refractivity contribution in [2.75, 3.05) is 32.2 Å². The lowest BCUT2D eigenvalue weighted by Gasteiger charge is -2.30. The number of rotatable bonds is 5. The molecule has 1 aromatic carbocycles. The van der Waals surface area contributed by atoms with Crippen LogP contribution < -0.4 is 10.1 Å². The molecule has 0 bridgehead atoms. The second-order valence-corrected chi connectivity index (χ2v) is 8.71. The highest BCUT2D eigenvalue weighted by Gasteiger charge is 2.42. The number of aliphatic hydroxyl groups is 1. The van der Waals surface area contributed by atoms with Gasteiger partial charge in [0.05, 0.1) is 56.3 Å². The Morgan fingerprint density at radius 2 is 2.14 bits per heavy atom. The van der Waals surface area contributed by atoms with Gasteiger partial charge in [-0.25, -0.2) is 23.1 Å². The van der Waals surface area contributed by atoms with Crippen LogP contribution in [0.15, 0.2) is 23.5 Å². The van der Waals surface area contributed by atoms with E-state index in [-0.39, 0.29) is 49.2 Å². The van der Waals surface area contributed by atoms with Gasteiger partial charge in [-0.05, 0) is 12.5 Å². The van der Waals surface area contributed by atoms with E-state index in [9.17, 15) is 23.1 Å². The fourth-order valence-corrected chi connectivity index (χ4v) is 4.86. The highest BCUT2D eigenvalue weighted by Crippen LogP contribution is 2.41. The van der Waals surface area contributed by atoms with Crippen molar-refractivity contribution in [3.05, 3.63) is 46.9 Å². The number of hydrogen-bond acceptors (Lipinski definition) is 8. The number of aliphatic hydroxyl groups excluding tert-OH is 1. The van der Waals surface area contributed by atoms with Crippen molar-refractivity contribution in [2.24, 2.45) is 4.99 Å². The van der Waals surface area contributed by atoms with Crippen molar-refractivity contribution in [2.45, 2.75) is 43.7 Å². The van der Waals surface area contributed by atoms with E-state index in [0.29, 0.717) is 36.2 Å². The zero-order chi connectivity index (χ0) is 24.7. The summed E-state index contributed by atoms with van der Waals surface area (Å²) >= 11 is 0. The molecule has 2 N–H and O–H groups in total. The van der Waals surface area contributed by atoms with E-state index < -0.39 is 35.9 Å². The van der Waals surface area contributed by atoms with Crippen molar-refractivity contribution in [1.82, 2.24) is 14.9 Å². The molecule has 12 heteroatoms. The van der Waals surface area contributed by atoms with E-state index in [1.165, 1.54) is 18.3 Å². The summed E-state index contributed by atoms with van der Waals surface area (Å²) < 4.78 is 53.4. The molecule has 0 unspecified atom stereocenters. The third-order valence-electron chi connectivity index (χ3n) is 6.51. The Kier molecular flexibility index (Phi) is 6.32. The first-order valence-corrected chi connectivity index (χ1v) is 11.3. The molecule has 2 aromatic rings. The van der Waals surface area contributed by atoms with Crippen LogP contribution in [0.5, 0.6) is 5.75 Å². The van der Waals surface area contributed by atoms with E-state index in [1.807, 2.05) is 0 Å². The molecule has 9 nitrogen and oxygen atoms in total. The molecule has 1 aromatic heterocycles. The van der Waals surface area contributed by atoms with Gasteiger partial charge in [-0.2, -0.15) is 0 Å². The molecule has 2 fully saturated rings. The second kappa shape index (κ2) is 9.42. The van der Waals surface area contributed by atoms with Crippen LogP contribution in [0.1, 0.15) is 35.7 Å². The topological polar surface area (TPSA) is 109 Å². The first-order valence-electron chi connectivity index (χ1n) is 11.3. The number of anilines is 1. The normalized spacial score (nSPS) is 25.9. The summed E-state index contributed by atoms with van der Waals surface area (Å²) in [6.07, 6.45) is -0.438. The van der Waals surface area contributed by atoms with Crippen molar-refractivity contribution in [3.8, 4) is 5.75 Å². The molecule has 2 saturated heterocycles. The summed E-state index contributed by atoms with van der Waals surface area (Å²) in [5.74, 6) is -2.31. The number of aromatic nitrogens is 2. The van der Waals surface area contributed by atoms with Gasteiger partial charge in [0.2, 0.25) is 0 Å². The zero-order valence-corrected chi connectivity index (χ0v) is 18.9. The number of nitrogens with zero attached hydrogens (tertiary/aromatic N) is 4. The first kappa shape index (κ1) is 23.5. The maximum atomic E-state index is 14.6. The van der Waals surface area contributed by atoms with Crippen LogP contribution in [0.25, 0.3) is 0 Å². The molecule has 5 rings (SSSR count). The zero-order valence-electron chi connectivity index (χ0n) is 18.9. The van der Waals surface area contributed by atoms with Crippen molar-refractivity contribution < 1.29 is 32.5 Å². The van der Waals surface area contributed by atoms with E-state index in [0.717, 1.165) is 6.07 Å². The minimum Gasteiger partial charge on any atom is -0.493 e. The summed E-state index contributed by atoms with van der Waals surface area (Å²) in [5, 5.41) is 13.4. The smallest absolute Gasteiger partial charge is 0.273 e. The number of carbonyl (C=O) groups excluding carboxylic acids is 1. The van der Waals surface area contributed by atoms with Crippen molar-refractivity contribution in [3.63, 3.8) is 0 Å². The van der Waals surface area contributed by atoms with Crippen LogP contribution >= 0.6 is 0 Å². The molecule has 1 amide bonds. The fraction of sp³-hybridized carbons (Fsp3) is 0.478. The average Bonchev–Trinajstić information content (AvgIpc) is 3.44. The summed E-state index contributed by atoms with van der Waals surface area (Å²) in [6.45, 7) is 0.485. The van der Waals surface area contributed by atoms with Gasteiger partial charge in [0.15, 0.2) is 11.6 Å². The lowest BCUT2D eigenvalue weighted by Crippen LogP contribution is -2.43. The number of aliphatic imine (C=N–C) groups is 1. The van der Waals surface area contributed by atoms with Gasteiger partial charge in [-0.15, -0.1) is 0 Å². The van der Waals surface area contributed by atoms with Gasteiger partial charge in [0, 0.05) is 24.7 Å². The summed E-state index contributed by atoms with van der Waals surface area (Å²) in [6, 6.07) is 0.419. The standard InChI is InChI=1S/C23H24F3N5O4/c1-34-21-13(4-11(24)5-14(21)26)17-6-12(25)8-31(17)23(33)20-19-16(7-27-20)28-10-29-22(19)30-15-2-3-35-9-18(15)32/h4-5,10,12,15,17-18,32H,2-3,6-9H2,1H3,(H,28,29,30)/t12-,15+,17+,18+/m0/s1. The Hall–Kier alpha value is -3.25. The number of ether oxygens (including phenoxy) is 2. The first-order chi connectivity index (χ1) is 16.9. The Morgan fingerprint density at radius 1 is 1.31 bits per heavy atom. The maximum Gasteiger partial charge on any atom is 0.273 e. The third kappa shape index (κ3) is 4.31. The molecule has 0 saturated carbocycles. The Morgan fingerprint density at radius 3 is 2.91 bits per heavy atom. The Bertz CT molecular complexity index is 1180. The second-order valence-electron chi connectivity index (χ2n) is 8.71. The number of halogens is 3. The quantitative estimate of drug-likeness (QED) is 0.658. The predicted molar refractivity (Wildman–Crippen MR) is 118 cm³/mol. The van der Waals surface area contributed by atoms with E-state index in [2.05, 4.69) is 20.3 Å². The third-order valence-corrected chi connectivity index (χ3v) is 6.51. The van der Waals surface area contributed by atoms with Crippen LogP contribution in [0.2, 0.25) is 0 Å². The molecule has 0 spiro atoms. The number of likely N-dealkylation sites (tertiary alicyclic amines) is 1. The monoisotopic (exact) mass is 491 g/mol. The fourth-order valence-electron chi connectivity index (χ4n) is 4.86. The number of methoxy groups -OCH3 is 1. The largest absolute Gasteiger partial charge is 0.493 e. The Labute approximate surface area is 199 Å². The molecule has 0 radical (unpaired) electrons. The highest BCUT2D eigenvalue weighted by molar-refractivity contribution is 6.47. The number of alkyl halides is 1. The molecule has 35 heavy (non-hydrogen) atoms. The SMILES string of the molecule is COc1c(F)cc(F)cc1[C@H]1C[C@H](F)CN1C(=O)C1=NCc2ncnc(N[C@@H]3CCOC[C@H]3O)c21. The molecular formula is C23H24F3N5O4. The maximum absolute atomic E-state index is 14.6. The molecule has 3 aliphatic rings. The Balaban J connectivity index is 1.47. The summed E-state index contributed by atoms with van der Waals surface area (Å²) in [4.78, 5) is 27.7. The molecule has 0 aliphatic carbocycles. The number of nitrogens with one attached hydrogen (secondary N) is 1. The van der Waals surface area contributed by atoms with E-state index in [1.54, 1.807) is 0 Å². The molecular weight excluding hydrogens is 467 g/mol. The lowest BCUT2D eigenvalue weighted by atomic mass is 10.0. The number of hydrogen-bond donors (Lipinski definition) is 2. The summed E-state index contributed by atoms with van der Waals surface area (Å²) in [7, 11) is 1.23. The lowest BCUT2D eigenvalue weighted by molar-refractivity contribution is -0.125. The van der Waals surface area contributed by atoms with Gasteiger partial charge in [0.1, 0.15) is 29.8 Å². The minimum absolute atomic E-state index is 0.0274. The van der Waals surface area contributed by atoms with Crippen molar-refractivity contribution >= 4 is 17.4 Å². The number of carbonyl (C=O) groups is 1. The van der Waals surface area contributed by atoms with Gasteiger partial charge in [0.25, 0.3) is 5.91 Å². The number of fused-ring (bicyclic) bond motifs is 1. The number of amides is 1. The van der Waals surface area contributed by atoms with Gasteiger partial charge in [-0.3, -0.25) is 9.79 Å². The van der Waals surface area contributed by atoms with Crippen LogP contribution in [-0.2, 0) is 16.1 Å². The molecule has 186 valence electrons. The number of benzene rings is 1. The van der Waals surface area contributed by atoms with Gasteiger partial charge >= 0.3 is 0 Å². The van der Waals surface area contributed by atoms with Crippen LogP contribution in [0, 0.1) is 11.6 Å².